The Kier molecular flexibility index (Phi) is 6.87. The fourth-order valence-electron chi connectivity index (χ4n) is 9.60. The maximum atomic E-state index is 12.9. The van der Waals surface area contributed by atoms with Gasteiger partial charge in [-0.05, 0) is 98.2 Å². The zero-order chi connectivity index (χ0) is 25.0. The summed E-state index contributed by atoms with van der Waals surface area (Å²) in [5.74, 6) is 4.10. The number of carbonyl (C=O) groups excluding carboxylic acids is 2. The topological polar surface area (TPSA) is 60.9 Å². The predicted molar refractivity (Wildman–Crippen MR) is 138 cm³/mol. The second-order valence-electron chi connectivity index (χ2n) is 13.3. The minimum Gasteiger partial charge on any atom is -0.393 e. The molecule has 0 bridgehead atoms. The van der Waals surface area contributed by atoms with Gasteiger partial charge in [0.15, 0.2) is 0 Å². The Morgan fingerprint density at radius 2 is 1.74 bits per heavy atom. The van der Waals surface area contributed by atoms with Crippen LogP contribution >= 0.6 is 0 Å². The van der Waals surface area contributed by atoms with Gasteiger partial charge in [0.25, 0.3) is 0 Å². The Labute approximate surface area is 212 Å². The van der Waals surface area contributed by atoms with Crippen molar-refractivity contribution in [3.8, 4) is 0 Å². The summed E-state index contributed by atoms with van der Waals surface area (Å²) in [5, 5.41) is 10.3. The van der Waals surface area contributed by atoms with Gasteiger partial charge < -0.3 is 14.9 Å². The highest BCUT2D eigenvalue weighted by Crippen LogP contribution is 2.67. The van der Waals surface area contributed by atoms with Gasteiger partial charge in [0, 0.05) is 39.5 Å². The number of amides is 2. The van der Waals surface area contributed by atoms with Crippen molar-refractivity contribution >= 4 is 11.8 Å². The lowest BCUT2D eigenvalue weighted by atomic mass is 9.47. The van der Waals surface area contributed by atoms with Crippen LogP contribution in [0.5, 0.6) is 0 Å². The fraction of sp³-hybridized carbons (Fsp3) is 0.867. The predicted octanol–water partition coefficient (Wildman–Crippen LogP) is 5.03. The molecule has 1 heterocycles. The summed E-state index contributed by atoms with van der Waals surface area (Å²) in [4.78, 5) is 28.3. The zero-order valence-corrected chi connectivity index (χ0v) is 22.6. The Balaban J connectivity index is 1.20. The quantitative estimate of drug-likeness (QED) is 0.569. The van der Waals surface area contributed by atoms with E-state index in [0.29, 0.717) is 49.3 Å². The van der Waals surface area contributed by atoms with Crippen LogP contribution in [0.15, 0.2) is 11.6 Å². The van der Waals surface area contributed by atoms with Crippen LogP contribution in [-0.4, -0.2) is 59.0 Å². The third-order valence-electron chi connectivity index (χ3n) is 11.7. The molecule has 8 atom stereocenters. The molecular formula is C30H48N2O3. The standard InChI is InChI=1S/C30H48N2O3/c1-20(5-10-28(35)32-17-15-31(16-18-32)21(2)33)25-8-9-26-24-7-6-22-19-23(34)11-13-29(22,3)27(24)12-14-30(25,26)4/h6,20,23-27,34H,5,7-19H2,1-4H3/t20-,23+,24+,25-,26+,27+,29+,30-/m1/s1. The van der Waals surface area contributed by atoms with Crippen LogP contribution in [0, 0.1) is 40.4 Å². The van der Waals surface area contributed by atoms with Gasteiger partial charge in [-0.2, -0.15) is 0 Å². The van der Waals surface area contributed by atoms with Crippen molar-refractivity contribution in [2.24, 2.45) is 40.4 Å². The molecule has 0 aromatic carbocycles. The molecule has 5 nitrogen and oxygen atoms in total. The minimum absolute atomic E-state index is 0.115. The molecule has 0 radical (unpaired) electrons. The average molecular weight is 485 g/mol. The largest absolute Gasteiger partial charge is 0.393 e. The molecule has 35 heavy (non-hydrogen) atoms. The first-order valence-electron chi connectivity index (χ1n) is 14.5. The molecule has 0 aromatic heterocycles. The number of hydrogen-bond acceptors (Lipinski definition) is 3. The fourth-order valence-corrected chi connectivity index (χ4v) is 9.60. The molecule has 0 unspecified atom stereocenters. The number of nitrogens with zero attached hydrogens (tertiary/aromatic N) is 2. The van der Waals surface area contributed by atoms with E-state index < -0.39 is 0 Å². The third-order valence-corrected chi connectivity index (χ3v) is 11.7. The molecule has 3 saturated carbocycles. The van der Waals surface area contributed by atoms with Gasteiger partial charge >= 0.3 is 0 Å². The molecule has 5 heteroatoms. The Morgan fingerprint density at radius 3 is 2.46 bits per heavy atom. The summed E-state index contributed by atoms with van der Waals surface area (Å²) in [6.07, 6.45) is 13.7. The molecule has 0 aromatic rings. The van der Waals surface area contributed by atoms with E-state index in [2.05, 4.69) is 26.8 Å². The van der Waals surface area contributed by atoms with Crippen molar-refractivity contribution in [1.29, 1.82) is 0 Å². The van der Waals surface area contributed by atoms with Crippen molar-refractivity contribution < 1.29 is 14.7 Å². The van der Waals surface area contributed by atoms with Crippen LogP contribution in [0.2, 0.25) is 0 Å². The molecule has 2 amide bonds. The van der Waals surface area contributed by atoms with E-state index in [0.717, 1.165) is 49.4 Å². The first-order valence-corrected chi connectivity index (χ1v) is 14.5. The summed E-state index contributed by atoms with van der Waals surface area (Å²) >= 11 is 0. The second-order valence-corrected chi connectivity index (χ2v) is 13.3. The SMILES string of the molecule is CC(=O)N1CCN(C(=O)CC[C@@H](C)[C@H]2CC[C@H]3[C@@H]4CC=C5C[C@@H](O)CC[C@]5(C)[C@H]4CC[C@]23C)CC1. The first-order chi connectivity index (χ1) is 16.6. The van der Waals surface area contributed by atoms with E-state index in [1.807, 2.05) is 9.80 Å². The van der Waals surface area contributed by atoms with Crippen LogP contribution in [-0.2, 0) is 9.59 Å². The molecule has 4 fully saturated rings. The van der Waals surface area contributed by atoms with E-state index in [1.54, 1.807) is 12.5 Å². The summed E-state index contributed by atoms with van der Waals surface area (Å²) in [7, 11) is 0. The number of piperazine rings is 1. The van der Waals surface area contributed by atoms with Gasteiger partial charge in [-0.15, -0.1) is 0 Å². The monoisotopic (exact) mass is 484 g/mol. The number of rotatable bonds is 4. The molecule has 5 rings (SSSR count). The third kappa shape index (κ3) is 4.38. The van der Waals surface area contributed by atoms with Crippen molar-refractivity contribution in [3.05, 3.63) is 11.6 Å². The number of aliphatic hydroxyl groups is 1. The molecule has 5 aliphatic rings. The summed E-state index contributed by atoms with van der Waals surface area (Å²) in [5.41, 5.74) is 2.28. The van der Waals surface area contributed by atoms with Gasteiger partial charge in [0.1, 0.15) is 0 Å². The van der Waals surface area contributed by atoms with Gasteiger partial charge in [-0.3, -0.25) is 9.59 Å². The van der Waals surface area contributed by atoms with E-state index >= 15 is 0 Å². The maximum absolute atomic E-state index is 12.9. The Bertz CT molecular complexity index is 862. The highest BCUT2D eigenvalue weighted by Gasteiger charge is 2.59. The molecule has 1 N–H and O–H groups in total. The molecule has 1 aliphatic heterocycles. The van der Waals surface area contributed by atoms with Crippen molar-refractivity contribution in [2.45, 2.75) is 98.0 Å². The Morgan fingerprint density at radius 1 is 1.03 bits per heavy atom. The van der Waals surface area contributed by atoms with Crippen molar-refractivity contribution in [1.82, 2.24) is 9.80 Å². The smallest absolute Gasteiger partial charge is 0.222 e. The van der Waals surface area contributed by atoms with E-state index in [4.69, 9.17) is 0 Å². The van der Waals surface area contributed by atoms with Gasteiger partial charge in [-0.1, -0.05) is 32.4 Å². The van der Waals surface area contributed by atoms with Crippen LogP contribution in [0.3, 0.4) is 0 Å². The average Bonchev–Trinajstić information content (AvgIpc) is 3.20. The number of aliphatic hydroxyl groups excluding tert-OH is 1. The second kappa shape index (κ2) is 9.50. The lowest BCUT2D eigenvalue weighted by Crippen LogP contribution is -2.51. The van der Waals surface area contributed by atoms with Crippen LogP contribution < -0.4 is 0 Å². The van der Waals surface area contributed by atoms with E-state index in [1.165, 1.54) is 32.1 Å². The first kappa shape index (κ1) is 25.3. The summed E-state index contributed by atoms with van der Waals surface area (Å²) < 4.78 is 0. The normalized spacial score (nSPS) is 42.0. The molecule has 1 saturated heterocycles. The van der Waals surface area contributed by atoms with Gasteiger partial charge in [0.2, 0.25) is 11.8 Å². The van der Waals surface area contributed by atoms with Crippen molar-refractivity contribution in [3.63, 3.8) is 0 Å². The van der Waals surface area contributed by atoms with Gasteiger partial charge in [0.05, 0.1) is 6.10 Å². The van der Waals surface area contributed by atoms with E-state index in [9.17, 15) is 14.7 Å². The molecule has 4 aliphatic carbocycles. The van der Waals surface area contributed by atoms with Crippen LogP contribution in [0.4, 0.5) is 0 Å². The number of hydrogen-bond donors (Lipinski definition) is 1. The van der Waals surface area contributed by atoms with Crippen molar-refractivity contribution in [2.75, 3.05) is 26.2 Å². The van der Waals surface area contributed by atoms with E-state index in [-0.39, 0.29) is 17.9 Å². The highest BCUT2D eigenvalue weighted by atomic mass is 16.3. The molecular weight excluding hydrogens is 436 g/mol. The van der Waals surface area contributed by atoms with Crippen LogP contribution in [0.25, 0.3) is 0 Å². The molecule has 196 valence electrons. The lowest BCUT2D eigenvalue weighted by Gasteiger charge is -2.58. The Hall–Kier alpha value is -1.36. The summed E-state index contributed by atoms with van der Waals surface area (Å²) in [6.45, 7) is 11.9. The molecule has 0 spiro atoms. The number of allylic oxidation sites excluding steroid dienone is 1. The number of fused-ring (bicyclic) bond motifs is 5. The van der Waals surface area contributed by atoms with Crippen LogP contribution in [0.1, 0.15) is 91.9 Å². The zero-order valence-electron chi connectivity index (χ0n) is 22.6. The maximum Gasteiger partial charge on any atom is 0.222 e. The lowest BCUT2D eigenvalue weighted by molar-refractivity contribution is -0.138. The number of carbonyl (C=O) groups is 2. The highest BCUT2D eigenvalue weighted by molar-refractivity contribution is 5.77. The summed E-state index contributed by atoms with van der Waals surface area (Å²) in [6, 6.07) is 0. The minimum atomic E-state index is -0.128. The van der Waals surface area contributed by atoms with Gasteiger partial charge in [-0.25, -0.2) is 0 Å².